The minimum Gasteiger partial charge on any atom is -0.484 e. The number of carbonyl (C=O) groups is 1. The Balaban J connectivity index is 2.48. The van der Waals surface area contributed by atoms with Gasteiger partial charge in [-0.2, -0.15) is 0 Å². The molecule has 0 aliphatic rings. The third kappa shape index (κ3) is 5.30. The molecule has 1 rings (SSSR count). The van der Waals surface area contributed by atoms with Gasteiger partial charge in [0, 0.05) is 6.04 Å². The maximum atomic E-state index is 11.7. The van der Waals surface area contributed by atoms with E-state index in [1.54, 1.807) is 25.1 Å². The third-order valence-electron chi connectivity index (χ3n) is 3.06. The van der Waals surface area contributed by atoms with Crippen molar-refractivity contribution < 1.29 is 14.6 Å². The number of ether oxygens (including phenoxy) is 1. The predicted octanol–water partition coefficient (Wildman–Crippen LogP) is 2.42. The lowest BCUT2D eigenvalue weighted by Crippen LogP contribution is -2.37. The van der Waals surface area contributed by atoms with Crippen LogP contribution in [0.15, 0.2) is 24.3 Å². The molecule has 0 fully saturated rings. The largest absolute Gasteiger partial charge is 0.484 e. The number of hydrogen-bond donors (Lipinski definition) is 2. The van der Waals surface area contributed by atoms with Crippen LogP contribution in [-0.2, 0) is 4.79 Å². The van der Waals surface area contributed by atoms with Crippen molar-refractivity contribution in [1.29, 1.82) is 0 Å². The van der Waals surface area contributed by atoms with E-state index in [9.17, 15) is 9.90 Å². The topological polar surface area (TPSA) is 58.6 Å². The highest BCUT2D eigenvalue weighted by Gasteiger charge is 2.09. The van der Waals surface area contributed by atoms with Crippen LogP contribution in [0.2, 0.25) is 0 Å². The molecule has 1 aromatic rings. The lowest BCUT2D eigenvalue weighted by Gasteiger charge is -2.15. The standard InChI is InChI=1S/C15H23NO3/c1-4-13(5-2)16-15(18)10-19-14-8-6-7-12(9-14)11(3)17/h6-9,11,13,17H,4-5,10H2,1-3H3,(H,16,18)/t11-/m1/s1. The summed E-state index contributed by atoms with van der Waals surface area (Å²) in [5.74, 6) is 0.481. The molecule has 0 bridgehead atoms. The molecule has 1 aromatic carbocycles. The third-order valence-corrected chi connectivity index (χ3v) is 3.06. The zero-order chi connectivity index (χ0) is 14.3. The van der Waals surface area contributed by atoms with E-state index in [-0.39, 0.29) is 18.6 Å². The predicted molar refractivity (Wildman–Crippen MR) is 75.1 cm³/mol. The van der Waals surface area contributed by atoms with Crippen LogP contribution in [0.3, 0.4) is 0 Å². The van der Waals surface area contributed by atoms with Gasteiger partial charge in [-0.25, -0.2) is 0 Å². The Kier molecular flexibility index (Phi) is 6.36. The van der Waals surface area contributed by atoms with Crippen molar-refractivity contribution in [1.82, 2.24) is 5.32 Å². The Bertz CT molecular complexity index is 400. The first-order chi connectivity index (χ1) is 9.06. The van der Waals surface area contributed by atoms with E-state index < -0.39 is 6.10 Å². The number of carbonyl (C=O) groups excluding carboxylic acids is 1. The summed E-state index contributed by atoms with van der Waals surface area (Å²) in [4.78, 5) is 11.7. The first-order valence-corrected chi connectivity index (χ1v) is 6.77. The second-order valence-electron chi connectivity index (χ2n) is 4.62. The maximum Gasteiger partial charge on any atom is 0.258 e. The highest BCUT2D eigenvalue weighted by molar-refractivity contribution is 5.77. The van der Waals surface area contributed by atoms with Crippen molar-refractivity contribution in [3.8, 4) is 5.75 Å². The van der Waals surface area contributed by atoms with Crippen LogP contribution in [-0.4, -0.2) is 23.7 Å². The summed E-state index contributed by atoms with van der Waals surface area (Å²) in [6, 6.07) is 7.35. The van der Waals surface area contributed by atoms with Gasteiger partial charge in [0.05, 0.1) is 6.10 Å². The molecule has 4 nitrogen and oxygen atoms in total. The minimum absolute atomic E-state index is 0.000235. The molecule has 0 saturated heterocycles. The number of aliphatic hydroxyl groups excluding tert-OH is 1. The lowest BCUT2D eigenvalue weighted by atomic mass is 10.1. The fraction of sp³-hybridized carbons (Fsp3) is 0.533. The number of nitrogens with one attached hydrogen (secondary N) is 1. The summed E-state index contributed by atoms with van der Waals surface area (Å²) in [5.41, 5.74) is 0.776. The molecule has 0 heterocycles. The van der Waals surface area contributed by atoms with Crippen molar-refractivity contribution in [2.24, 2.45) is 0 Å². The molecular weight excluding hydrogens is 242 g/mol. The second kappa shape index (κ2) is 7.79. The molecule has 19 heavy (non-hydrogen) atoms. The Morgan fingerprint density at radius 3 is 2.63 bits per heavy atom. The van der Waals surface area contributed by atoms with E-state index in [2.05, 4.69) is 5.32 Å². The van der Waals surface area contributed by atoms with E-state index in [4.69, 9.17) is 4.74 Å². The van der Waals surface area contributed by atoms with Gasteiger partial charge in [-0.1, -0.05) is 26.0 Å². The Hall–Kier alpha value is -1.55. The first kappa shape index (κ1) is 15.5. The molecule has 0 spiro atoms. The SMILES string of the molecule is CCC(CC)NC(=O)COc1cccc([C@@H](C)O)c1. The summed E-state index contributed by atoms with van der Waals surface area (Å²) < 4.78 is 5.43. The maximum absolute atomic E-state index is 11.7. The Morgan fingerprint density at radius 1 is 1.37 bits per heavy atom. The molecule has 1 amide bonds. The number of hydrogen-bond acceptors (Lipinski definition) is 3. The lowest BCUT2D eigenvalue weighted by molar-refractivity contribution is -0.123. The van der Waals surface area contributed by atoms with Crippen LogP contribution < -0.4 is 10.1 Å². The summed E-state index contributed by atoms with van der Waals surface area (Å²) in [5, 5.41) is 12.4. The first-order valence-electron chi connectivity index (χ1n) is 6.77. The highest BCUT2D eigenvalue weighted by Crippen LogP contribution is 2.18. The highest BCUT2D eigenvalue weighted by atomic mass is 16.5. The fourth-order valence-corrected chi connectivity index (χ4v) is 1.78. The van der Waals surface area contributed by atoms with E-state index >= 15 is 0 Å². The normalized spacial score (nSPS) is 12.3. The number of aliphatic hydroxyl groups is 1. The summed E-state index contributed by atoms with van der Waals surface area (Å²) in [6.07, 6.45) is 1.29. The van der Waals surface area contributed by atoms with Gasteiger partial charge in [0.15, 0.2) is 6.61 Å². The number of amides is 1. The van der Waals surface area contributed by atoms with Crippen LogP contribution in [0.4, 0.5) is 0 Å². The van der Waals surface area contributed by atoms with Crippen LogP contribution in [0.25, 0.3) is 0 Å². The van der Waals surface area contributed by atoms with Gasteiger partial charge in [-0.05, 0) is 37.5 Å². The zero-order valence-corrected chi connectivity index (χ0v) is 11.8. The minimum atomic E-state index is -0.540. The monoisotopic (exact) mass is 265 g/mol. The van der Waals surface area contributed by atoms with E-state index in [0.717, 1.165) is 18.4 Å². The van der Waals surface area contributed by atoms with Gasteiger partial charge in [-0.3, -0.25) is 4.79 Å². The van der Waals surface area contributed by atoms with Gasteiger partial charge in [0.1, 0.15) is 5.75 Å². The molecule has 106 valence electrons. The van der Waals surface area contributed by atoms with Gasteiger partial charge >= 0.3 is 0 Å². The second-order valence-corrected chi connectivity index (χ2v) is 4.62. The Labute approximate surface area is 114 Å². The smallest absolute Gasteiger partial charge is 0.258 e. The van der Waals surface area contributed by atoms with Gasteiger partial charge in [0.25, 0.3) is 5.91 Å². The molecule has 4 heteroatoms. The summed E-state index contributed by atoms with van der Waals surface area (Å²) in [6.45, 7) is 5.78. The Morgan fingerprint density at radius 2 is 2.05 bits per heavy atom. The quantitative estimate of drug-likeness (QED) is 0.796. The molecule has 0 radical (unpaired) electrons. The molecule has 0 aliphatic heterocycles. The van der Waals surface area contributed by atoms with Crippen molar-refractivity contribution >= 4 is 5.91 Å². The summed E-state index contributed by atoms with van der Waals surface area (Å²) >= 11 is 0. The van der Waals surface area contributed by atoms with E-state index in [1.807, 2.05) is 19.9 Å². The van der Waals surface area contributed by atoms with Crippen LogP contribution in [0.1, 0.15) is 45.3 Å². The molecule has 2 N–H and O–H groups in total. The van der Waals surface area contributed by atoms with E-state index in [0.29, 0.717) is 5.75 Å². The van der Waals surface area contributed by atoms with Gasteiger partial charge in [0.2, 0.25) is 0 Å². The number of rotatable bonds is 7. The molecule has 0 unspecified atom stereocenters. The van der Waals surface area contributed by atoms with Gasteiger partial charge < -0.3 is 15.2 Å². The molecule has 0 aliphatic carbocycles. The van der Waals surface area contributed by atoms with Crippen LogP contribution in [0, 0.1) is 0 Å². The average molecular weight is 265 g/mol. The van der Waals surface area contributed by atoms with Crippen molar-refractivity contribution in [3.63, 3.8) is 0 Å². The molecule has 0 saturated carbocycles. The molecule has 0 aromatic heterocycles. The van der Waals surface area contributed by atoms with Gasteiger partial charge in [-0.15, -0.1) is 0 Å². The van der Waals surface area contributed by atoms with E-state index in [1.165, 1.54) is 0 Å². The van der Waals surface area contributed by atoms with Crippen molar-refractivity contribution in [2.45, 2.75) is 45.8 Å². The van der Waals surface area contributed by atoms with Crippen molar-refractivity contribution in [3.05, 3.63) is 29.8 Å². The van der Waals surface area contributed by atoms with Crippen molar-refractivity contribution in [2.75, 3.05) is 6.61 Å². The average Bonchev–Trinajstić information content (AvgIpc) is 2.42. The van der Waals surface area contributed by atoms with Crippen LogP contribution in [0.5, 0.6) is 5.75 Å². The number of benzene rings is 1. The summed E-state index contributed by atoms with van der Waals surface area (Å²) in [7, 11) is 0. The molecule has 1 atom stereocenters. The zero-order valence-electron chi connectivity index (χ0n) is 11.8. The fourth-order valence-electron chi connectivity index (χ4n) is 1.78. The molecular formula is C15H23NO3. The van der Waals surface area contributed by atoms with Crippen LogP contribution >= 0.6 is 0 Å².